The van der Waals surface area contributed by atoms with Crippen molar-refractivity contribution in [1.29, 1.82) is 5.26 Å². The van der Waals surface area contributed by atoms with Crippen molar-refractivity contribution < 1.29 is 4.42 Å². The zero-order valence-electron chi connectivity index (χ0n) is 8.99. The second kappa shape index (κ2) is 4.50. The van der Waals surface area contributed by atoms with Gasteiger partial charge in [-0.3, -0.25) is 0 Å². The smallest absolute Gasteiger partial charge is 0.203 e. The minimum Gasteiger partial charge on any atom is -0.449 e. The highest BCUT2D eigenvalue weighted by molar-refractivity contribution is 5.18. The molecule has 1 unspecified atom stereocenters. The van der Waals surface area contributed by atoms with Gasteiger partial charge in [0.2, 0.25) is 5.76 Å². The van der Waals surface area contributed by atoms with Crippen LogP contribution in [-0.4, -0.2) is 6.54 Å². The maximum absolute atomic E-state index is 8.58. The molecule has 2 rings (SSSR count). The van der Waals surface area contributed by atoms with Crippen LogP contribution in [-0.2, 0) is 6.54 Å². The Hall–Kier alpha value is -1.27. The Morgan fingerprint density at radius 2 is 2.40 bits per heavy atom. The molecule has 0 spiro atoms. The lowest BCUT2D eigenvalue weighted by Gasteiger charge is -2.09. The van der Waals surface area contributed by atoms with E-state index >= 15 is 0 Å². The first-order valence-corrected chi connectivity index (χ1v) is 5.49. The van der Waals surface area contributed by atoms with E-state index in [1.54, 1.807) is 6.07 Å². The van der Waals surface area contributed by atoms with Gasteiger partial charge in [-0.2, -0.15) is 5.26 Å². The molecular weight excluding hydrogens is 188 g/mol. The van der Waals surface area contributed by atoms with Gasteiger partial charge < -0.3 is 9.73 Å². The molecule has 15 heavy (non-hydrogen) atoms. The first-order chi connectivity index (χ1) is 7.29. The minimum absolute atomic E-state index is 0.391. The summed E-state index contributed by atoms with van der Waals surface area (Å²) in [6.07, 6.45) is 2.78. The average Bonchev–Trinajstić information content (AvgIpc) is 2.99. The molecule has 0 radical (unpaired) electrons. The van der Waals surface area contributed by atoms with Gasteiger partial charge in [0.1, 0.15) is 11.8 Å². The van der Waals surface area contributed by atoms with Crippen LogP contribution in [0, 0.1) is 23.2 Å². The summed E-state index contributed by atoms with van der Waals surface area (Å²) in [6, 6.07) is 5.54. The van der Waals surface area contributed by atoms with Crippen molar-refractivity contribution in [3.05, 3.63) is 23.7 Å². The summed E-state index contributed by atoms with van der Waals surface area (Å²) < 4.78 is 5.27. The molecule has 3 nitrogen and oxygen atoms in total. The van der Waals surface area contributed by atoms with Crippen molar-refractivity contribution in [3.8, 4) is 6.07 Å². The van der Waals surface area contributed by atoms with Gasteiger partial charge in [-0.25, -0.2) is 0 Å². The second-order valence-corrected chi connectivity index (χ2v) is 4.32. The largest absolute Gasteiger partial charge is 0.449 e. The monoisotopic (exact) mass is 204 g/mol. The molecule has 1 N–H and O–H groups in total. The third kappa shape index (κ3) is 2.84. The van der Waals surface area contributed by atoms with Gasteiger partial charge in [0.15, 0.2) is 0 Å². The van der Waals surface area contributed by atoms with Gasteiger partial charge >= 0.3 is 0 Å². The Bertz CT molecular complexity index is 360. The third-order valence-corrected chi connectivity index (χ3v) is 2.96. The number of nitrogens with one attached hydrogen (secondary N) is 1. The molecule has 0 bridgehead atoms. The molecule has 1 aliphatic carbocycles. The molecule has 1 aromatic heterocycles. The molecule has 0 aliphatic heterocycles. The Kier molecular flexibility index (Phi) is 3.08. The van der Waals surface area contributed by atoms with E-state index < -0.39 is 0 Å². The van der Waals surface area contributed by atoms with Gasteiger partial charge in [-0.05, 0) is 43.4 Å². The van der Waals surface area contributed by atoms with Gasteiger partial charge in [0.05, 0.1) is 6.54 Å². The molecule has 0 aromatic carbocycles. The standard InChI is InChI=1S/C12H16N2O/c1-9(10-2-3-10)7-14-8-12-5-4-11(6-13)15-12/h4-5,9-10,14H,2-3,7-8H2,1H3. The lowest BCUT2D eigenvalue weighted by atomic mass is 10.1. The highest BCUT2D eigenvalue weighted by atomic mass is 16.3. The van der Waals surface area contributed by atoms with E-state index in [0.29, 0.717) is 5.76 Å². The average molecular weight is 204 g/mol. The maximum Gasteiger partial charge on any atom is 0.203 e. The zero-order valence-corrected chi connectivity index (χ0v) is 8.99. The SMILES string of the molecule is CC(CNCc1ccc(C#N)o1)C1CC1. The summed E-state index contributed by atoms with van der Waals surface area (Å²) in [5.41, 5.74) is 0. The van der Waals surface area contributed by atoms with E-state index in [4.69, 9.17) is 9.68 Å². The molecule has 0 amide bonds. The van der Waals surface area contributed by atoms with Crippen molar-refractivity contribution >= 4 is 0 Å². The molecule has 1 saturated carbocycles. The number of hydrogen-bond donors (Lipinski definition) is 1. The summed E-state index contributed by atoms with van der Waals surface area (Å²) in [5.74, 6) is 2.93. The number of nitrogens with zero attached hydrogens (tertiary/aromatic N) is 1. The first kappa shape index (κ1) is 10.3. The van der Waals surface area contributed by atoms with E-state index in [2.05, 4.69) is 12.2 Å². The van der Waals surface area contributed by atoms with Crippen LogP contribution in [0.2, 0.25) is 0 Å². The van der Waals surface area contributed by atoms with E-state index in [1.165, 1.54) is 12.8 Å². The van der Waals surface area contributed by atoms with Gasteiger partial charge in [-0.15, -0.1) is 0 Å². The predicted molar refractivity (Wildman–Crippen MR) is 57.0 cm³/mol. The zero-order chi connectivity index (χ0) is 10.7. The molecular formula is C12H16N2O. The van der Waals surface area contributed by atoms with Crippen molar-refractivity contribution in [2.24, 2.45) is 11.8 Å². The van der Waals surface area contributed by atoms with Crippen LogP contribution in [0.25, 0.3) is 0 Å². The molecule has 1 aromatic rings. The molecule has 80 valence electrons. The number of rotatable bonds is 5. The van der Waals surface area contributed by atoms with Crippen LogP contribution in [0.5, 0.6) is 0 Å². The summed E-state index contributed by atoms with van der Waals surface area (Å²) >= 11 is 0. The van der Waals surface area contributed by atoms with Crippen molar-refractivity contribution in [1.82, 2.24) is 5.32 Å². The lowest BCUT2D eigenvalue weighted by Crippen LogP contribution is -2.21. The molecule has 1 aliphatic rings. The summed E-state index contributed by atoms with van der Waals surface area (Å²) in [7, 11) is 0. The highest BCUT2D eigenvalue weighted by Crippen LogP contribution is 2.36. The first-order valence-electron chi connectivity index (χ1n) is 5.49. The van der Waals surface area contributed by atoms with Crippen molar-refractivity contribution in [2.75, 3.05) is 6.54 Å². The third-order valence-electron chi connectivity index (χ3n) is 2.96. The van der Waals surface area contributed by atoms with Crippen LogP contribution >= 0.6 is 0 Å². The van der Waals surface area contributed by atoms with Gasteiger partial charge in [-0.1, -0.05) is 6.92 Å². The predicted octanol–water partition coefficient (Wildman–Crippen LogP) is 2.29. The van der Waals surface area contributed by atoms with Gasteiger partial charge in [0, 0.05) is 0 Å². The lowest BCUT2D eigenvalue weighted by molar-refractivity contribution is 0.426. The van der Waals surface area contributed by atoms with Crippen LogP contribution in [0.3, 0.4) is 0 Å². The van der Waals surface area contributed by atoms with Crippen LogP contribution in [0.1, 0.15) is 31.3 Å². The summed E-state index contributed by atoms with van der Waals surface area (Å²) in [5, 5.41) is 11.9. The summed E-state index contributed by atoms with van der Waals surface area (Å²) in [6.45, 7) is 4.04. The number of hydrogen-bond acceptors (Lipinski definition) is 3. The number of furan rings is 1. The maximum atomic E-state index is 8.58. The van der Waals surface area contributed by atoms with E-state index in [1.807, 2.05) is 12.1 Å². The molecule has 1 fully saturated rings. The van der Waals surface area contributed by atoms with Crippen LogP contribution in [0.15, 0.2) is 16.5 Å². The highest BCUT2D eigenvalue weighted by Gasteiger charge is 2.27. The quantitative estimate of drug-likeness (QED) is 0.800. The fourth-order valence-electron chi connectivity index (χ4n) is 1.79. The Labute approximate surface area is 90.1 Å². The number of nitriles is 1. The van der Waals surface area contributed by atoms with Gasteiger partial charge in [0.25, 0.3) is 0 Å². The molecule has 0 saturated heterocycles. The molecule has 1 atom stereocenters. The molecule has 3 heteroatoms. The van der Waals surface area contributed by atoms with Crippen molar-refractivity contribution in [2.45, 2.75) is 26.3 Å². The fraction of sp³-hybridized carbons (Fsp3) is 0.583. The normalized spacial score (nSPS) is 17.3. The topological polar surface area (TPSA) is 49.0 Å². The minimum atomic E-state index is 0.391. The van der Waals surface area contributed by atoms with Crippen LogP contribution in [0.4, 0.5) is 0 Å². The Morgan fingerprint density at radius 1 is 1.60 bits per heavy atom. The molecule has 1 heterocycles. The van der Waals surface area contributed by atoms with E-state index in [0.717, 1.165) is 30.7 Å². The Balaban J connectivity index is 1.71. The second-order valence-electron chi connectivity index (χ2n) is 4.32. The fourth-order valence-corrected chi connectivity index (χ4v) is 1.79. The summed E-state index contributed by atoms with van der Waals surface area (Å²) in [4.78, 5) is 0. The van der Waals surface area contributed by atoms with E-state index in [-0.39, 0.29) is 0 Å². The van der Waals surface area contributed by atoms with E-state index in [9.17, 15) is 0 Å². The van der Waals surface area contributed by atoms with Crippen LogP contribution < -0.4 is 5.32 Å². The Morgan fingerprint density at radius 3 is 3.00 bits per heavy atom. The van der Waals surface area contributed by atoms with Crippen molar-refractivity contribution in [3.63, 3.8) is 0 Å².